The molecule has 6 heteroatoms. The molecule has 0 aliphatic rings. The number of aliphatic hydroxyl groups is 1. The van der Waals surface area contributed by atoms with Gasteiger partial charge in [-0.05, 0) is 83.7 Å². The quantitative estimate of drug-likeness (QED) is 0.0387. The van der Waals surface area contributed by atoms with E-state index in [1.54, 1.807) is 0 Å². The van der Waals surface area contributed by atoms with E-state index in [9.17, 15) is 14.7 Å². The minimum atomic E-state index is -0.0738. The van der Waals surface area contributed by atoms with Crippen molar-refractivity contribution >= 4 is 11.9 Å². The minimum absolute atomic E-state index is 0.0154. The van der Waals surface area contributed by atoms with Gasteiger partial charge in [0, 0.05) is 38.8 Å². The summed E-state index contributed by atoms with van der Waals surface area (Å²) >= 11 is 0. The smallest absolute Gasteiger partial charge is 0.306 e. The summed E-state index contributed by atoms with van der Waals surface area (Å²) in [6, 6.07) is 0. The van der Waals surface area contributed by atoms with Crippen LogP contribution in [0.15, 0.2) is 0 Å². The zero-order valence-electron chi connectivity index (χ0n) is 34.3. The molecule has 0 saturated carbocycles. The van der Waals surface area contributed by atoms with Gasteiger partial charge in [0.05, 0.1) is 6.61 Å². The number of unbranched alkanes of at least 4 members (excludes halogenated alkanes) is 21. The van der Waals surface area contributed by atoms with Gasteiger partial charge in [0.2, 0.25) is 0 Å². The predicted molar refractivity (Wildman–Crippen MR) is 217 cm³/mol. The Morgan fingerprint density at radius 2 is 0.941 bits per heavy atom. The SMILES string of the molecule is CCCCC#CCCCOC(=O)CCCCCCCN(CCCO)CCCCCCCC(=O)OC(CCCCCCCC)CCCCCCCC. The third kappa shape index (κ3) is 38.0. The van der Waals surface area contributed by atoms with Crippen LogP contribution < -0.4 is 0 Å². The van der Waals surface area contributed by atoms with Gasteiger partial charge >= 0.3 is 11.9 Å². The summed E-state index contributed by atoms with van der Waals surface area (Å²) in [5, 5.41) is 9.37. The van der Waals surface area contributed by atoms with Gasteiger partial charge in [0.25, 0.3) is 0 Å². The number of aliphatic hydroxyl groups excluding tert-OH is 1. The molecule has 0 bridgehead atoms. The van der Waals surface area contributed by atoms with E-state index < -0.39 is 0 Å². The summed E-state index contributed by atoms with van der Waals surface area (Å²) in [7, 11) is 0. The highest BCUT2D eigenvalue weighted by molar-refractivity contribution is 5.69. The first kappa shape index (κ1) is 49.4. The highest BCUT2D eigenvalue weighted by atomic mass is 16.5. The van der Waals surface area contributed by atoms with Gasteiger partial charge < -0.3 is 19.5 Å². The van der Waals surface area contributed by atoms with Crippen LogP contribution in [0.25, 0.3) is 0 Å². The van der Waals surface area contributed by atoms with Crippen molar-refractivity contribution in [3.63, 3.8) is 0 Å². The summed E-state index contributed by atoms with van der Waals surface area (Å²) in [6.07, 6.45) is 35.4. The van der Waals surface area contributed by atoms with E-state index in [0.29, 0.717) is 19.4 Å². The Hall–Kier alpha value is -1.58. The van der Waals surface area contributed by atoms with Crippen LogP contribution in [-0.2, 0) is 19.1 Å². The standard InChI is InChI=1S/C45H85NO5/c1-4-7-10-13-16-25-32-42-50-44(48)36-28-21-17-23-30-38-46(40-33-41-47)39-31-24-18-22-29-37-45(49)51-43(34-26-19-14-11-8-5-2)35-27-20-15-12-9-6-3/h43,47H,4-12,14-15,17-42H2,1-3H3. The van der Waals surface area contributed by atoms with E-state index in [1.807, 2.05) is 0 Å². The van der Waals surface area contributed by atoms with Gasteiger partial charge in [-0.1, -0.05) is 130 Å². The van der Waals surface area contributed by atoms with Crippen LogP contribution in [0.1, 0.15) is 226 Å². The minimum Gasteiger partial charge on any atom is -0.466 e. The summed E-state index contributed by atoms with van der Waals surface area (Å²) in [4.78, 5) is 27.2. The second kappa shape index (κ2) is 41.2. The maximum absolute atomic E-state index is 12.7. The number of carbonyl (C=O) groups excluding carboxylic acids is 2. The lowest BCUT2D eigenvalue weighted by Crippen LogP contribution is -2.27. The second-order valence-corrected chi connectivity index (χ2v) is 15.0. The summed E-state index contributed by atoms with van der Waals surface area (Å²) in [5.74, 6) is 6.28. The molecule has 0 saturated heterocycles. The lowest BCUT2D eigenvalue weighted by molar-refractivity contribution is -0.150. The van der Waals surface area contributed by atoms with Crippen molar-refractivity contribution in [1.82, 2.24) is 4.90 Å². The number of ether oxygens (including phenoxy) is 2. The Balaban J connectivity index is 4.05. The number of nitrogens with zero attached hydrogens (tertiary/aromatic N) is 1. The first-order valence-corrected chi connectivity index (χ1v) is 22.2. The Kier molecular flexibility index (Phi) is 39.9. The molecule has 6 nitrogen and oxygen atoms in total. The van der Waals surface area contributed by atoms with Gasteiger partial charge in [0.15, 0.2) is 0 Å². The monoisotopic (exact) mass is 720 g/mol. The largest absolute Gasteiger partial charge is 0.466 e. The molecule has 0 aromatic carbocycles. The lowest BCUT2D eigenvalue weighted by Gasteiger charge is -2.22. The van der Waals surface area contributed by atoms with E-state index in [0.717, 1.165) is 110 Å². The molecule has 0 aliphatic heterocycles. The average Bonchev–Trinajstić information content (AvgIpc) is 3.13. The number of rotatable bonds is 39. The summed E-state index contributed by atoms with van der Waals surface area (Å²) in [5.41, 5.74) is 0. The highest BCUT2D eigenvalue weighted by Gasteiger charge is 2.14. The van der Waals surface area contributed by atoms with E-state index in [1.165, 1.54) is 103 Å². The number of hydrogen-bond acceptors (Lipinski definition) is 6. The van der Waals surface area contributed by atoms with E-state index in [2.05, 4.69) is 37.5 Å². The van der Waals surface area contributed by atoms with Gasteiger partial charge in [-0.2, -0.15) is 0 Å². The Morgan fingerprint density at radius 3 is 1.47 bits per heavy atom. The Bertz CT molecular complexity index is 790. The van der Waals surface area contributed by atoms with Crippen LogP contribution >= 0.6 is 0 Å². The fourth-order valence-electron chi connectivity index (χ4n) is 6.57. The first-order valence-electron chi connectivity index (χ1n) is 22.2. The van der Waals surface area contributed by atoms with Crippen molar-refractivity contribution in [2.24, 2.45) is 0 Å². The fourth-order valence-corrected chi connectivity index (χ4v) is 6.57. The topological polar surface area (TPSA) is 76.1 Å². The van der Waals surface area contributed by atoms with Crippen molar-refractivity contribution < 1.29 is 24.2 Å². The van der Waals surface area contributed by atoms with Crippen molar-refractivity contribution in [2.75, 3.05) is 32.8 Å². The van der Waals surface area contributed by atoms with Crippen molar-refractivity contribution in [2.45, 2.75) is 232 Å². The lowest BCUT2D eigenvalue weighted by atomic mass is 10.0. The van der Waals surface area contributed by atoms with Crippen LogP contribution in [0.4, 0.5) is 0 Å². The van der Waals surface area contributed by atoms with Gasteiger partial charge in [-0.3, -0.25) is 9.59 Å². The molecule has 0 fully saturated rings. The number of hydrogen-bond donors (Lipinski definition) is 1. The molecule has 0 amide bonds. The maximum atomic E-state index is 12.7. The molecule has 0 unspecified atom stereocenters. The normalized spacial score (nSPS) is 11.3. The summed E-state index contributed by atoms with van der Waals surface area (Å²) < 4.78 is 11.4. The molecule has 0 aromatic rings. The zero-order valence-corrected chi connectivity index (χ0v) is 34.3. The van der Waals surface area contributed by atoms with Crippen LogP contribution in [0, 0.1) is 11.8 Å². The second-order valence-electron chi connectivity index (χ2n) is 15.0. The molecular weight excluding hydrogens is 634 g/mol. The van der Waals surface area contributed by atoms with E-state index in [-0.39, 0.29) is 24.6 Å². The summed E-state index contributed by atoms with van der Waals surface area (Å²) in [6.45, 7) is 10.5. The predicted octanol–water partition coefficient (Wildman–Crippen LogP) is 12.3. The highest BCUT2D eigenvalue weighted by Crippen LogP contribution is 2.18. The number of carbonyl (C=O) groups is 2. The molecule has 300 valence electrons. The van der Waals surface area contributed by atoms with Gasteiger partial charge in [0.1, 0.15) is 6.10 Å². The molecule has 0 radical (unpaired) electrons. The Morgan fingerprint density at radius 1 is 0.510 bits per heavy atom. The molecule has 0 aliphatic carbocycles. The van der Waals surface area contributed by atoms with Gasteiger partial charge in [-0.25, -0.2) is 0 Å². The average molecular weight is 720 g/mol. The van der Waals surface area contributed by atoms with E-state index >= 15 is 0 Å². The maximum Gasteiger partial charge on any atom is 0.306 e. The molecule has 1 N–H and O–H groups in total. The number of esters is 2. The van der Waals surface area contributed by atoms with Crippen LogP contribution in [0.5, 0.6) is 0 Å². The first-order chi connectivity index (χ1) is 25.1. The van der Waals surface area contributed by atoms with Crippen molar-refractivity contribution in [3.05, 3.63) is 0 Å². The Labute approximate surface area is 317 Å². The molecule has 51 heavy (non-hydrogen) atoms. The molecule has 0 aromatic heterocycles. The van der Waals surface area contributed by atoms with Crippen molar-refractivity contribution in [3.8, 4) is 11.8 Å². The zero-order chi connectivity index (χ0) is 37.3. The van der Waals surface area contributed by atoms with Gasteiger partial charge in [-0.15, -0.1) is 11.8 Å². The molecular formula is C45H85NO5. The molecule has 0 heterocycles. The van der Waals surface area contributed by atoms with E-state index in [4.69, 9.17) is 9.47 Å². The molecule has 0 rings (SSSR count). The van der Waals surface area contributed by atoms with Crippen molar-refractivity contribution in [1.29, 1.82) is 0 Å². The van der Waals surface area contributed by atoms with Crippen LogP contribution in [0.3, 0.4) is 0 Å². The van der Waals surface area contributed by atoms with Crippen LogP contribution in [-0.4, -0.2) is 60.9 Å². The molecule has 0 atom stereocenters. The molecule has 0 spiro atoms. The fraction of sp³-hybridized carbons (Fsp3) is 0.911. The third-order valence-corrected chi connectivity index (χ3v) is 9.89. The third-order valence-electron chi connectivity index (χ3n) is 9.89. The van der Waals surface area contributed by atoms with Crippen LogP contribution in [0.2, 0.25) is 0 Å².